The van der Waals surface area contributed by atoms with Gasteiger partial charge in [0.25, 0.3) is 0 Å². The summed E-state index contributed by atoms with van der Waals surface area (Å²) < 4.78 is 4.80. The fourth-order valence-corrected chi connectivity index (χ4v) is 1.07. The molecule has 5 heteroatoms. The molecule has 0 aromatic heterocycles. The van der Waals surface area contributed by atoms with Crippen LogP contribution in [0.4, 0.5) is 0 Å². The number of aliphatic hydroxyl groups is 3. The van der Waals surface area contributed by atoms with Gasteiger partial charge in [-0.1, -0.05) is 0 Å². The summed E-state index contributed by atoms with van der Waals surface area (Å²) in [5.41, 5.74) is 5.43. The molecule has 0 amide bonds. The minimum atomic E-state index is -1.33. The molecule has 1 aliphatic heterocycles. The molecule has 0 saturated carbocycles. The van der Waals surface area contributed by atoms with Crippen LogP contribution in [-0.4, -0.2) is 46.0 Å². The smallest absolute Gasteiger partial charge is 0.183 e. The van der Waals surface area contributed by atoms with E-state index in [1.807, 2.05) is 0 Å². The quantitative estimate of drug-likeness (QED) is 0.324. The van der Waals surface area contributed by atoms with Gasteiger partial charge < -0.3 is 25.8 Å². The first-order chi connectivity index (χ1) is 5.04. The van der Waals surface area contributed by atoms with Gasteiger partial charge in [0.2, 0.25) is 0 Å². The summed E-state index contributed by atoms with van der Waals surface area (Å²) in [6.07, 6.45) is -4.20. The van der Waals surface area contributed by atoms with Crippen molar-refractivity contribution in [3.63, 3.8) is 0 Å². The Balaban J connectivity index is 2.63. The highest BCUT2D eigenvalue weighted by Gasteiger charge is 2.39. The zero-order chi connectivity index (χ0) is 8.59. The van der Waals surface area contributed by atoms with Gasteiger partial charge in [-0.3, -0.25) is 0 Å². The summed E-state index contributed by atoms with van der Waals surface area (Å²) in [6, 6.07) is -0.645. The first-order valence-electron chi connectivity index (χ1n) is 3.49. The minimum Gasteiger partial charge on any atom is -0.388 e. The van der Waals surface area contributed by atoms with Crippen LogP contribution in [0.2, 0.25) is 0 Å². The molecular weight excluding hydrogens is 150 g/mol. The van der Waals surface area contributed by atoms with Crippen molar-refractivity contribution in [2.45, 2.75) is 37.6 Å². The summed E-state index contributed by atoms with van der Waals surface area (Å²) in [5, 5.41) is 27.1. The summed E-state index contributed by atoms with van der Waals surface area (Å²) in [6.45, 7) is 1.63. The van der Waals surface area contributed by atoms with E-state index >= 15 is 0 Å². The molecule has 1 aliphatic rings. The normalized spacial score (nSPS) is 52.6. The Bertz CT molecular complexity index is 129. The van der Waals surface area contributed by atoms with Crippen LogP contribution in [0, 0.1) is 0 Å². The van der Waals surface area contributed by atoms with Crippen LogP contribution in [0.3, 0.4) is 0 Å². The average Bonchev–Trinajstić information content (AvgIpc) is 1.97. The first-order valence-corrected chi connectivity index (χ1v) is 3.49. The molecule has 1 fully saturated rings. The van der Waals surface area contributed by atoms with Gasteiger partial charge in [0.05, 0.1) is 12.1 Å². The Morgan fingerprint density at radius 1 is 1.18 bits per heavy atom. The fraction of sp³-hybridized carbons (Fsp3) is 1.00. The number of aliphatic hydroxyl groups excluding tert-OH is 3. The second-order valence-corrected chi connectivity index (χ2v) is 2.79. The lowest BCUT2D eigenvalue weighted by atomic mass is 9.98. The van der Waals surface area contributed by atoms with Crippen molar-refractivity contribution in [2.24, 2.45) is 5.73 Å². The highest BCUT2D eigenvalue weighted by atomic mass is 16.6. The van der Waals surface area contributed by atoms with Crippen LogP contribution in [0.25, 0.3) is 0 Å². The zero-order valence-electron chi connectivity index (χ0n) is 6.21. The van der Waals surface area contributed by atoms with E-state index in [9.17, 15) is 5.11 Å². The molecule has 1 saturated heterocycles. The minimum absolute atomic E-state index is 0.441. The number of rotatable bonds is 0. The molecule has 1 rings (SSSR count). The van der Waals surface area contributed by atoms with Gasteiger partial charge in [0, 0.05) is 0 Å². The molecule has 2 unspecified atom stereocenters. The highest BCUT2D eigenvalue weighted by Crippen LogP contribution is 2.17. The third-order valence-electron chi connectivity index (χ3n) is 1.93. The summed E-state index contributed by atoms with van der Waals surface area (Å²) in [5.74, 6) is 0. The molecule has 0 aromatic rings. The van der Waals surface area contributed by atoms with Crippen LogP contribution in [-0.2, 0) is 4.74 Å². The summed E-state index contributed by atoms with van der Waals surface area (Å²) in [4.78, 5) is 0. The van der Waals surface area contributed by atoms with E-state index in [1.54, 1.807) is 6.92 Å². The highest BCUT2D eigenvalue weighted by molar-refractivity contribution is 4.89. The maximum Gasteiger partial charge on any atom is 0.183 e. The van der Waals surface area contributed by atoms with Gasteiger partial charge in [-0.05, 0) is 6.92 Å². The number of ether oxygens (including phenoxy) is 1. The van der Waals surface area contributed by atoms with E-state index in [1.165, 1.54) is 0 Å². The SMILES string of the molecule is C[C@H]1O[C@H](O)[C@H](O)C(O)C1N. The largest absolute Gasteiger partial charge is 0.388 e. The lowest BCUT2D eigenvalue weighted by molar-refractivity contribution is -0.249. The van der Waals surface area contributed by atoms with Gasteiger partial charge in [0.15, 0.2) is 6.29 Å². The van der Waals surface area contributed by atoms with E-state index in [2.05, 4.69) is 0 Å². The fourth-order valence-electron chi connectivity index (χ4n) is 1.07. The van der Waals surface area contributed by atoms with Crippen LogP contribution in [0.15, 0.2) is 0 Å². The van der Waals surface area contributed by atoms with Crippen LogP contribution < -0.4 is 5.73 Å². The molecule has 0 aromatic carbocycles. The maximum atomic E-state index is 9.17. The van der Waals surface area contributed by atoms with E-state index in [4.69, 9.17) is 20.7 Å². The van der Waals surface area contributed by atoms with Crippen molar-refractivity contribution in [3.05, 3.63) is 0 Å². The average molecular weight is 163 g/mol. The Morgan fingerprint density at radius 3 is 2.27 bits per heavy atom. The van der Waals surface area contributed by atoms with E-state index in [0.717, 1.165) is 0 Å². The molecule has 11 heavy (non-hydrogen) atoms. The molecule has 0 radical (unpaired) electrons. The summed E-state index contributed by atoms with van der Waals surface area (Å²) in [7, 11) is 0. The van der Waals surface area contributed by atoms with Crippen molar-refractivity contribution in [3.8, 4) is 0 Å². The van der Waals surface area contributed by atoms with E-state index in [-0.39, 0.29) is 0 Å². The Morgan fingerprint density at radius 2 is 1.73 bits per heavy atom. The van der Waals surface area contributed by atoms with Crippen molar-refractivity contribution in [1.29, 1.82) is 0 Å². The lowest BCUT2D eigenvalue weighted by Gasteiger charge is -2.37. The van der Waals surface area contributed by atoms with Crippen molar-refractivity contribution >= 4 is 0 Å². The third kappa shape index (κ3) is 1.52. The van der Waals surface area contributed by atoms with Gasteiger partial charge >= 0.3 is 0 Å². The van der Waals surface area contributed by atoms with E-state index in [0.29, 0.717) is 0 Å². The second kappa shape index (κ2) is 3.04. The monoisotopic (exact) mass is 163 g/mol. The predicted molar refractivity (Wildman–Crippen MR) is 36.5 cm³/mol. The van der Waals surface area contributed by atoms with Crippen LogP contribution in [0.5, 0.6) is 0 Å². The van der Waals surface area contributed by atoms with Gasteiger partial charge in [-0.2, -0.15) is 0 Å². The predicted octanol–water partition coefficient (Wildman–Crippen LogP) is -2.23. The molecule has 66 valence electrons. The molecule has 0 spiro atoms. The molecule has 0 aliphatic carbocycles. The van der Waals surface area contributed by atoms with Gasteiger partial charge in [-0.15, -0.1) is 0 Å². The van der Waals surface area contributed by atoms with Crippen molar-refractivity contribution < 1.29 is 20.1 Å². The molecule has 0 bridgehead atoms. The van der Waals surface area contributed by atoms with Gasteiger partial charge in [0.1, 0.15) is 12.2 Å². The second-order valence-electron chi connectivity index (χ2n) is 2.79. The first kappa shape index (κ1) is 8.89. The number of nitrogens with two attached hydrogens (primary N) is 1. The Kier molecular flexibility index (Phi) is 2.46. The molecule has 1 heterocycles. The number of hydrogen-bond acceptors (Lipinski definition) is 5. The topological polar surface area (TPSA) is 95.9 Å². The molecule has 5 atom stereocenters. The lowest BCUT2D eigenvalue weighted by Crippen LogP contribution is -2.60. The van der Waals surface area contributed by atoms with Crippen LogP contribution in [0.1, 0.15) is 6.92 Å². The third-order valence-corrected chi connectivity index (χ3v) is 1.93. The molecular formula is C6H13NO4. The zero-order valence-corrected chi connectivity index (χ0v) is 6.21. The van der Waals surface area contributed by atoms with Crippen molar-refractivity contribution in [2.75, 3.05) is 0 Å². The number of hydrogen-bond donors (Lipinski definition) is 4. The van der Waals surface area contributed by atoms with Gasteiger partial charge in [-0.25, -0.2) is 0 Å². The molecule has 5 N–H and O–H groups in total. The standard InChI is InChI=1S/C6H13NO4/c1-2-3(7)4(8)5(9)6(10)11-2/h2-6,8-10H,7H2,1H3/t2-,3?,4?,5-,6+/m1/s1. The Hall–Kier alpha value is -0.200. The van der Waals surface area contributed by atoms with E-state index < -0.39 is 30.6 Å². The molecule has 5 nitrogen and oxygen atoms in total. The maximum absolute atomic E-state index is 9.17. The Labute approximate surface area is 64.4 Å². The van der Waals surface area contributed by atoms with Crippen LogP contribution >= 0.6 is 0 Å². The van der Waals surface area contributed by atoms with Crippen molar-refractivity contribution in [1.82, 2.24) is 0 Å². The summed E-state index contributed by atoms with van der Waals surface area (Å²) >= 11 is 0.